The molecule has 7 heteroatoms. The Balaban J connectivity index is 1.53. The van der Waals surface area contributed by atoms with Crippen LogP contribution in [-0.2, 0) is 6.54 Å². The summed E-state index contributed by atoms with van der Waals surface area (Å²) in [4.78, 5) is 16.6. The second kappa shape index (κ2) is 7.86. The third kappa shape index (κ3) is 5.05. The Hall–Kier alpha value is -2.41. The number of hydrogen-bond donors (Lipinski definition) is 2. The minimum atomic E-state index is -0.282. The lowest BCUT2D eigenvalue weighted by atomic mass is 10.1. The lowest BCUT2D eigenvalue weighted by Gasteiger charge is -2.22. The fourth-order valence-electron chi connectivity index (χ4n) is 2.88. The molecule has 0 aromatic carbocycles. The Morgan fingerprint density at radius 3 is 2.88 bits per heavy atom. The molecular formula is C19H27N5O2. The van der Waals surface area contributed by atoms with Crippen LogP contribution >= 0.6 is 0 Å². The van der Waals surface area contributed by atoms with Gasteiger partial charge in [-0.05, 0) is 51.8 Å². The fraction of sp³-hybridized carbons (Fsp3) is 0.526. The van der Waals surface area contributed by atoms with Gasteiger partial charge in [0.2, 0.25) is 5.88 Å². The molecule has 3 rings (SSSR count). The quantitative estimate of drug-likeness (QED) is 0.858. The Kier molecular flexibility index (Phi) is 5.56. The summed E-state index contributed by atoms with van der Waals surface area (Å²) in [5.41, 5.74) is 1.07. The summed E-state index contributed by atoms with van der Waals surface area (Å²) in [5, 5.41) is 10.7. The van der Waals surface area contributed by atoms with Crippen LogP contribution in [0.1, 0.15) is 55.7 Å². The number of piperidine rings is 1. The van der Waals surface area contributed by atoms with Gasteiger partial charge in [0.1, 0.15) is 11.3 Å². The van der Waals surface area contributed by atoms with E-state index >= 15 is 0 Å². The zero-order valence-corrected chi connectivity index (χ0v) is 15.7. The highest BCUT2D eigenvalue weighted by Crippen LogP contribution is 2.16. The summed E-state index contributed by atoms with van der Waals surface area (Å²) in [6.07, 6.45) is 5.82. The monoisotopic (exact) mass is 357 g/mol. The molecule has 3 heterocycles. The smallest absolute Gasteiger partial charge is 0.272 e. The van der Waals surface area contributed by atoms with Gasteiger partial charge in [0.25, 0.3) is 5.91 Å². The van der Waals surface area contributed by atoms with Gasteiger partial charge in [-0.15, -0.1) is 0 Å². The van der Waals surface area contributed by atoms with E-state index in [1.165, 1.54) is 0 Å². The molecule has 1 unspecified atom stereocenters. The Bertz CT molecular complexity index is 727. The topological polar surface area (TPSA) is 81.1 Å². The Morgan fingerprint density at radius 2 is 2.23 bits per heavy atom. The van der Waals surface area contributed by atoms with Gasteiger partial charge in [-0.3, -0.25) is 9.48 Å². The van der Waals surface area contributed by atoms with E-state index in [0.717, 1.165) is 31.5 Å². The number of nitrogens with zero attached hydrogens (tertiary/aromatic N) is 3. The molecule has 2 aromatic heterocycles. The van der Waals surface area contributed by atoms with E-state index < -0.39 is 0 Å². The zero-order chi connectivity index (χ0) is 18.6. The number of nitrogens with one attached hydrogen (secondary N) is 2. The first kappa shape index (κ1) is 18.4. The molecule has 0 saturated carbocycles. The van der Waals surface area contributed by atoms with Crippen molar-refractivity contribution in [2.75, 3.05) is 13.1 Å². The van der Waals surface area contributed by atoms with Crippen molar-refractivity contribution in [3.63, 3.8) is 0 Å². The predicted molar refractivity (Wildman–Crippen MR) is 99.2 cm³/mol. The van der Waals surface area contributed by atoms with Crippen LogP contribution in [0.2, 0.25) is 0 Å². The summed E-state index contributed by atoms with van der Waals surface area (Å²) in [7, 11) is 0. The molecule has 0 spiro atoms. The molecule has 1 aliphatic heterocycles. The van der Waals surface area contributed by atoms with E-state index in [1.807, 2.05) is 43.8 Å². The Morgan fingerprint density at radius 1 is 1.38 bits per heavy atom. The number of pyridine rings is 1. The van der Waals surface area contributed by atoms with E-state index in [0.29, 0.717) is 24.2 Å². The van der Waals surface area contributed by atoms with Crippen LogP contribution < -0.4 is 15.4 Å². The van der Waals surface area contributed by atoms with E-state index in [4.69, 9.17) is 4.74 Å². The molecule has 2 N–H and O–H groups in total. The summed E-state index contributed by atoms with van der Waals surface area (Å²) < 4.78 is 7.59. The van der Waals surface area contributed by atoms with Crippen LogP contribution in [0.5, 0.6) is 5.88 Å². The van der Waals surface area contributed by atoms with E-state index in [9.17, 15) is 4.79 Å². The molecule has 0 aliphatic carbocycles. The highest BCUT2D eigenvalue weighted by molar-refractivity contribution is 5.92. The first-order chi connectivity index (χ1) is 12.4. The molecule has 1 aliphatic rings. The molecule has 140 valence electrons. The molecule has 1 amide bonds. The predicted octanol–water partition coefficient (Wildman–Crippen LogP) is 2.31. The largest absolute Gasteiger partial charge is 0.472 e. The van der Waals surface area contributed by atoms with Gasteiger partial charge in [0, 0.05) is 31.5 Å². The average molecular weight is 357 g/mol. The summed E-state index contributed by atoms with van der Waals surface area (Å²) in [6.45, 7) is 8.29. The lowest BCUT2D eigenvalue weighted by Crippen LogP contribution is -2.32. The van der Waals surface area contributed by atoms with Gasteiger partial charge in [-0.25, -0.2) is 4.98 Å². The van der Waals surface area contributed by atoms with Crippen molar-refractivity contribution in [3.05, 3.63) is 41.9 Å². The van der Waals surface area contributed by atoms with Crippen molar-refractivity contribution in [3.8, 4) is 5.88 Å². The number of rotatable bonds is 5. The summed E-state index contributed by atoms with van der Waals surface area (Å²) in [6, 6.07) is 5.81. The van der Waals surface area contributed by atoms with Crippen molar-refractivity contribution in [1.82, 2.24) is 25.4 Å². The first-order valence-corrected chi connectivity index (χ1v) is 9.09. The molecule has 2 aromatic rings. The summed E-state index contributed by atoms with van der Waals surface area (Å²) >= 11 is 0. The third-order valence-electron chi connectivity index (χ3n) is 4.15. The van der Waals surface area contributed by atoms with Gasteiger partial charge in [-0.2, -0.15) is 5.10 Å². The number of carbonyl (C=O) groups is 1. The molecular weight excluding hydrogens is 330 g/mol. The van der Waals surface area contributed by atoms with Crippen molar-refractivity contribution in [2.24, 2.45) is 0 Å². The molecule has 26 heavy (non-hydrogen) atoms. The molecule has 1 saturated heterocycles. The number of carbonyl (C=O) groups excluding carboxylic acids is 1. The van der Waals surface area contributed by atoms with Crippen molar-refractivity contribution in [1.29, 1.82) is 0 Å². The van der Waals surface area contributed by atoms with Gasteiger partial charge in [0.15, 0.2) is 0 Å². The second-order valence-electron chi connectivity index (χ2n) is 7.58. The molecule has 1 atom stereocenters. The van der Waals surface area contributed by atoms with Gasteiger partial charge in [0.05, 0.1) is 6.04 Å². The van der Waals surface area contributed by atoms with Gasteiger partial charge >= 0.3 is 0 Å². The fourth-order valence-corrected chi connectivity index (χ4v) is 2.88. The van der Waals surface area contributed by atoms with Crippen LogP contribution in [0, 0.1) is 0 Å². The van der Waals surface area contributed by atoms with Crippen molar-refractivity contribution in [2.45, 2.75) is 51.8 Å². The minimum absolute atomic E-state index is 0.178. The maximum Gasteiger partial charge on any atom is 0.272 e. The van der Waals surface area contributed by atoms with E-state index in [2.05, 4.69) is 20.7 Å². The van der Waals surface area contributed by atoms with Crippen LogP contribution in [0.15, 0.2) is 30.6 Å². The number of hydrogen-bond acceptors (Lipinski definition) is 5. The molecule has 1 fully saturated rings. The van der Waals surface area contributed by atoms with Crippen molar-refractivity contribution < 1.29 is 9.53 Å². The molecule has 0 radical (unpaired) electrons. The Labute approximate surface area is 154 Å². The number of ether oxygens (including phenoxy) is 1. The average Bonchev–Trinajstić information content (AvgIpc) is 3.10. The normalized spacial score (nSPS) is 17.7. The minimum Gasteiger partial charge on any atom is -0.472 e. The van der Waals surface area contributed by atoms with E-state index in [-0.39, 0.29) is 11.5 Å². The number of amides is 1. The standard InChI is InChI=1S/C19H27N5O2/c1-19(2,3)26-17-7-6-14(11-21-17)12-22-18(25)16-8-10-24(23-16)15-5-4-9-20-13-15/h6-8,10-11,15,20H,4-5,9,12-13H2,1-3H3,(H,22,25). The highest BCUT2D eigenvalue weighted by atomic mass is 16.5. The maximum absolute atomic E-state index is 12.3. The molecule has 7 nitrogen and oxygen atoms in total. The van der Waals surface area contributed by atoms with Gasteiger partial charge < -0.3 is 15.4 Å². The van der Waals surface area contributed by atoms with Crippen LogP contribution in [-0.4, -0.2) is 39.4 Å². The van der Waals surface area contributed by atoms with Crippen LogP contribution in [0.3, 0.4) is 0 Å². The summed E-state index contributed by atoms with van der Waals surface area (Å²) in [5.74, 6) is 0.398. The first-order valence-electron chi connectivity index (χ1n) is 9.09. The maximum atomic E-state index is 12.3. The van der Waals surface area contributed by atoms with Gasteiger partial charge in [-0.1, -0.05) is 6.07 Å². The van der Waals surface area contributed by atoms with Crippen LogP contribution in [0.4, 0.5) is 0 Å². The number of aromatic nitrogens is 3. The lowest BCUT2D eigenvalue weighted by molar-refractivity contribution is 0.0944. The SMILES string of the molecule is CC(C)(C)Oc1ccc(CNC(=O)c2ccn(C3CCCNC3)n2)cn1. The third-order valence-corrected chi connectivity index (χ3v) is 4.15. The van der Waals surface area contributed by atoms with E-state index in [1.54, 1.807) is 12.3 Å². The molecule has 0 bridgehead atoms. The highest BCUT2D eigenvalue weighted by Gasteiger charge is 2.17. The second-order valence-corrected chi connectivity index (χ2v) is 7.58. The van der Waals surface area contributed by atoms with Crippen LogP contribution in [0.25, 0.3) is 0 Å². The van der Waals surface area contributed by atoms with Crippen molar-refractivity contribution >= 4 is 5.91 Å². The zero-order valence-electron chi connectivity index (χ0n) is 15.7.